The molecule has 1 aliphatic rings. The van der Waals surface area contributed by atoms with Crippen LogP contribution in [0.2, 0.25) is 0 Å². The summed E-state index contributed by atoms with van der Waals surface area (Å²) in [5.74, 6) is 0.433. The number of ether oxygens (including phenoxy) is 3. The number of benzene rings is 3. The number of amides is 1. The Labute approximate surface area is 226 Å². The van der Waals surface area contributed by atoms with Crippen molar-refractivity contribution in [3.63, 3.8) is 0 Å². The fourth-order valence-electron chi connectivity index (χ4n) is 5.01. The minimum atomic E-state index is -0.762. The SMILES string of the molecule is CCOc1ccc([C@@H]2C(=C(O)c3ccc(OC)cc3)C(=O)C(=O)N2CCc2c[nH]c3ccc(OC)cc23)cc1. The predicted molar refractivity (Wildman–Crippen MR) is 148 cm³/mol. The van der Waals surface area contributed by atoms with E-state index in [2.05, 4.69) is 4.98 Å². The number of carbonyl (C=O) groups excluding carboxylic acids is 2. The van der Waals surface area contributed by atoms with Crippen molar-refractivity contribution in [2.75, 3.05) is 27.4 Å². The molecule has 2 N–H and O–H groups in total. The molecule has 1 fully saturated rings. The van der Waals surface area contributed by atoms with Crippen molar-refractivity contribution in [2.45, 2.75) is 19.4 Å². The Kier molecular flexibility index (Phi) is 7.27. The summed E-state index contributed by atoms with van der Waals surface area (Å²) < 4.78 is 16.2. The average molecular weight is 527 g/mol. The summed E-state index contributed by atoms with van der Waals surface area (Å²) in [6.07, 6.45) is 2.40. The van der Waals surface area contributed by atoms with Crippen LogP contribution < -0.4 is 14.2 Å². The molecular weight excluding hydrogens is 496 g/mol. The maximum atomic E-state index is 13.4. The Morgan fingerprint density at radius 1 is 0.923 bits per heavy atom. The number of likely N-dealkylation sites (tertiary alicyclic amines) is 1. The van der Waals surface area contributed by atoms with Crippen LogP contribution in [0.15, 0.2) is 78.5 Å². The lowest BCUT2D eigenvalue weighted by Gasteiger charge is -2.25. The van der Waals surface area contributed by atoms with Gasteiger partial charge in [0, 0.05) is 29.2 Å². The number of fused-ring (bicyclic) bond motifs is 1. The number of hydrogen-bond donors (Lipinski definition) is 2. The number of aromatic nitrogens is 1. The molecule has 3 aromatic carbocycles. The molecule has 1 aromatic heterocycles. The fourth-order valence-corrected chi connectivity index (χ4v) is 5.01. The molecule has 2 heterocycles. The molecule has 1 atom stereocenters. The van der Waals surface area contributed by atoms with E-state index < -0.39 is 17.7 Å². The van der Waals surface area contributed by atoms with Gasteiger partial charge in [0.05, 0.1) is 32.4 Å². The van der Waals surface area contributed by atoms with Gasteiger partial charge in [0.15, 0.2) is 0 Å². The Hall–Kier alpha value is -4.72. The van der Waals surface area contributed by atoms with Gasteiger partial charge in [0.1, 0.15) is 23.0 Å². The van der Waals surface area contributed by atoms with Crippen molar-refractivity contribution in [1.29, 1.82) is 0 Å². The highest BCUT2D eigenvalue weighted by Gasteiger charge is 2.45. The van der Waals surface area contributed by atoms with E-state index in [-0.39, 0.29) is 17.9 Å². The van der Waals surface area contributed by atoms with Crippen molar-refractivity contribution >= 4 is 28.4 Å². The summed E-state index contributed by atoms with van der Waals surface area (Å²) in [6.45, 7) is 2.69. The van der Waals surface area contributed by atoms with Crippen LogP contribution in [0.4, 0.5) is 0 Å². The quantitative estimate of drug-likeness (QED) is 0.176. The number of aromatic amines is 1. The molecule has 8 nitrogen and oxygen atoms in total. The Morgan fingerprint density at radius 3 is 2.26 bits per heavy atom. The van der Waals surface area contributed by atoms with Gasteiger partial charge in [-0.25, -0.2) is 0 Å². The van der Waals surface area contributed by atoms with Gasteiger partial charge in [0.25, 0.3) is 11.7 Å². The molecule has 0 aliphatic carbocycles. The largest absolute Gasteiger partial charge is 0.507 e. The topological polar surface area (TPSA) is 101 Å². The Bertz CT molecular complexity index is 1540. The van der Waals surface area contributed by atoms with Gasteiger partial charge in [-0.05, 0) is 79.1 Å². The van der Waals surface area contributed by atoms with Gasteiger partial charge in [-0.15, -0.1) is 0 Å². The number of aliphatic hydroxyl groups excluding tert-OH is 1. The second-order valence-corrected chi connectivity index (χ2v) is 9.20. The zero-order valence-corrected chi connectivity index (χ0v) is 22.1. The molecular formula is C31H30N2O6. The van der Waals surface area contributed by atoms with E-state index in [1.165, 1.54) is 4.90 Å². The molecule has 8 heteroatoms. The number of H-pyrrole nitrogens is 1. The smallest absolute Gasteiger partial charge is 0.295 e. The zero-order valence-electron chi connectivity index (χ0n) is 22.1. The molecule has 0 radical (unpaired) electrons. The van der Waals surface area contributed by atoms with E-state index in [0.717, 1.165) is 22.2 Å². The van der Waals surface area contributed by atoms with Gasteiger partial charge in [-0.1, -0.05) is 12.1 Å². The van der Waals surface area contributed by atoms with E-state index in [1.807, 2.05) is 43.5 Å². The number of nitrogens with one attached hydrogen (secondary N) is 1. The summed E-state index contributed by atoms with van der Waals surface area (Å²) in [5, 5.41) is 12.3. The first-order chi connectivity index (χ1) is 18.9. The molecule has 200 valence electrons. The number of rotatable bonds is 9. The first kappa shape index (κ1) is 25.9. The summed E-state index contributed by atoms with van der Waals surface area (Å²) in [5.41, 5.74) is 3.12. The maximum Gasteiger partial charge on any atom is 0.295 e. The van der Waals surface area contributed by atoms with E-state index in [4.69, 9.17) is 14.2 Å². The summed E-state index contributed by atoms with van der Waals surface area (Å²) in [4.78, 5) is 31.6. The highest BCUT2D eigenvalue weighted by molar-refractivity contribution is 6.46. The third kappa shape index (κ3) is 4.93. The van der Waals surface area contributed by atoms with Crippen LogP contribution >= 0.6 is 0 Å². The number of nitrogens with zero attached hydrogens (tertiary/aromatic N) is 1. The third-order valence-electron chi connectivity index (χ3n) is 7.01. The molecule has 1 saturated heterocycles. The van der Waals surface area contributed by atoms with Crippen LogP contribution in [-0.4, -0.2) is 54.1 Å². The molecule has 4 aromatic rings. The van der Waals surface area contributed by atoms with Crippen LogP contribution in [0.1, 0.15) is 29.7 Å². The molecule has 39 heavy (non-hydrogen) atoms. The number of ketones is 1. The highest BCUT2D eigenvalue weighted by Crippen LogP contribution is 2.40. The second kappa shape index (κ2) is 10.9. The third-order valence-corrected chi connectivity index (χ3v) is 7.01. The molecule has 0 saturated carbocycles. The molecule has 1 amide bonds. The zero-order chi connectivity index (χ0) is 27.5. The van der Waals surface area contributed by atoms with Crippen LogP contribution in [0, 0.1) is 0 Å². The van der Waals surface area contributed by atoms with E-state index >= 15 is 0 Å². The molecule has 0 unspecified atom stereocenters. The van der Waals surface area contributed by atoms with E-state index in [9.17, 15) is 14.7 Å². The fraction of sp³-hybridized carbons (Fsp3) is 0.226. The molecule has 0 spiro atoms. The lowest BCUT2D eigenvalue weighted by molar-refractivity contribution is -0.139. The predicted octanol–water partition coefficient (Wildman–Crippen LogP) is 5.25. The van der Waals surface area contributed by atoms with Gasteiger partial charge < -0.3 is 29.2 Å². The first-order valence-corrected chi connectivity index (χ1v) is 12.7. The Balaban J connectivity index is 1.54. The lowest BCUT2D eigenvalue weighted by atomic mass is 9.95. The van der Waals surface area contributed by atoms with Gasteiger partial charge in [-0.3, -0.25) is 9.59 Å². The summed E-state index contributed by atoms with van der Waals surface area (Å²) in [7, 11) is 3.17. The molecule has 5 rings (SSSR count). The molecule has 0 bridgehead atoms. The van der Waals surface area contributed by atoms with Crippen molar-refractivity contribution in [2.24, 2.45) is 0 Å². The normalized spacial score (nSPS) is 16.6. The van der Waals surface area contributed by atoms with Gasteiger partial charge in [-0.2, -0.15) is 0 Å². The standard InChI is InChI=1S/C31H30N2O6/c1-4-39-23-11-5-19(6-12-23)28-27(29(34)20-7-9-22(37-2)10-8-20)30(35)31(36)33(28)16-15-21-18-32-26-14-13-24(38-3)17-25(21)26/h5-14,17-18,28,32,34H,4,15-16H2,1-3H3/t28-/m1/s1. The lowest BCUT2D eigenvalue weighted by Crippen LogP contribution is -2.31. The number of methoxy groups -OCH3 is 2. The first-order valence-electron chi connectivity index (χ1n) is 12.7. The van der Waals surface area contributed by atoms with Crippen LogP contribution in [0.3, 0.4) is 0 Å². The van der Waals surface area contributed by atoms with Crippen molar-refractivity contribution in [3.8, 4) is 17.2 Å². The number of carbonyl (C=O) groups is 2. The van der Waals surface area contributed by atoms with E-state index in [0.29, 0.717) is 35.7 Å². The highest BCUT2D eigenvalue weighted by atomic mass is 16.5. The maximum absolute atomic E-state index is 13.4. The number of hydrogen-bond acceptors (Lipinski definition) is 6. The van der Waals surface area contributed by atoms with Gasteiger partial charge >= 0.3 is 0 Å². The van der Waals surface area contributed by atoms with Gasteiger partial charge in [0.2, 0.25) is 0 Å². The summed E-state index contributed by atoms with van der Waals surface area (Å²) >= 11 is 0. The second-order valence-electron chi connectivity index (χ2n) is 9.20. The molecule has 1 aliphatic heterocycles. The number of aliphatic hydroxyl groups is 1. The van der Waals surface area contributed by atoms with Crippen molar-refractivity contribution < 1.29 is 28.9 Å². The van der Waals surface area contributed by atoms with Crippen molar-refractivity contribution in [1.82, 2.24) is 9.88 Å². The average Bonchev–Trinajstić information content (AvgIpc) is 3.49. The summed E-state index contributed by atoms with van der Waals surface area (Å²) in [6, 6.07) is 19.0. The minimum Gasteiger partial charge on any atom is -0.507 e. The number of Topliss-reactive ketones (excluding diaryl/α,β-unsaturated/α-hetero) is 1. The minimum absolute atomic E-state index is 0.0509. The monoisotopic (exact) mass is 526 g/mol. The van der Waals surface area contributed by atoms with Crippen LogP contribution in [0.5, 0.6) is 17.2 Å². The Morgan fingerprint density at radius 2 is 1.59 bits per heavy atom. The van der Waals surface area contributed by atoms with E-state index in [1.54, 1.807) is 50.6 Å². The van der Waals surface area contributed by atoms with Crippen LogP contribution in [-0.2, 0) is 16.0 Å². The van der Waals surface area contributed by atoms with Crippen molar-refractivity contribution in [3.05, 3.63) is 95.2 Å². The van der Waals surface area contributed by atoms with Crippen LogP contribution in [0.25, 0.3) is 16.7 Å².